The molecule has 6 heteroatoms. The van der Waals surface area contributed by atoms with Crippen molar-refractivity contribution in [3.05, 3.63) is 29.8 Å². The second-order valence-corrected chi connectivity index (χ2v) is 7.44. The van der Waals surface area contributed by atoms with Crippen molar-refractivity contribution >= 4 is 47.4 Å². The molecule has 0 bridgehead atoms. The van der Waals surface area contributed by atoms with E-state index in [1.165, 1.54) is 35.6 Å². The average molecular weight is 476 g/mol. The zero-order valence-electron chi connectivity index (χ0n) is 15.8. The van der Waals surface area contributed by atoms with Crippen LogP contribution in [0.5, 0.6) is 0 Å². The van der Waals surface area contributed by atoms with Gasteiger partial charge in [0.1, 0.15) is 0 Å². The lowest BCUT2D eigenvalue weighted by molar-refractivity contribution is 0.465. The molecule has 1 aromatic rings. The van der Waals surface area contributed by atoms with Crippen molar-refractivity contribution in [2.24, 2.45) is 4.99 Å². The number of nitrogens with one attached hydrogen (secondary N) is 1. The van der Waals surface area contributed by atoms with Gasteiger partial charge in [-0.15, -0.1) is 24.0 Å². The topological polar surface area (TPSA) is 30.9 Å². The maximum atomic E-state index is 4.79. The first kappa shape index (κ1) is 22.4. The van der Waals surface area contributed by atoms with Gasteiger partial charge in [-0.05, 0) is 31.0 Å². The SMILES string of the molecule is CCCCN(C)C(=NCc1ccc(N2CCSCC2)cc1)NCC.I. The highest BCUT2D eigenvalue weighted by Gasteiger charge is 2.10. The van der Waals surface area contributed by atoms with E-state index in [0.29, 0.717) is 0 Å². The van der Waals surface area contributed by atoms with Crippen LogP contribution in [0.3, 0.4) is 0 Å². The van der Waals surface area contributed by atoms with Gasteiger partial charge in [0.2, 0.25) is 0 Å². The highest BCUT2D eigenvalue weighted by atomic mass is 127. The molecule has 0 saturated carbocycles. The Kier molecular flexibility index (Phi) is 11.4. The Bertz CT molecular complexity index is 501. The van der Waals surface area contributed by atoms with Crippen molar-refractivity contribution in [2.45, 2.75) is 33.2 Å². The van der Waals surface area contributed by atoms with Crippen LogP contribution in [0.1, 0.15) is 32.3 Å². The molecule has 1 heterocycles. The summed E-state index contributed by atoms with van der Waals surface area (Å²) in [6, 6.07) is 8.93. The minimum Gasteiger partial charge on any atom is -0.370 e. The van der Waals surface area contributed by atoms with E-state index in [9.17, 15) is 0 Å². The van der Waals surface area contributed by atoms with Crippen LogP contribution in [0, 0.1) is 0 Å². The van der Waals surface area contributed by atoms with Gasteiger partial charge in [-0.3, -0.25) is 0 Å². The summed E-state index contributed by atoms with van der Waals surface area (Å²) < 4.78 is 0. The molecule has 1 N–H and O–H groups in total. The molecule has 0 spiro atoms. The number of guanidine groups is 1. The number of hydrogen-bond donors (Lipinski definition) is 1. The van der Waals surface area contributed by atoms with E-state index in [1.807, 2.05) is 11.8 Å². The molecule has 0 atom stereocenters. The number of halogens is 1. The van der Waals surface area contributed by atoms with Crippen molar-refractivity contribution < 1.29 is 0 Å². The maximum absolute atomic E-state index is 4.79. The Labute approximate surface area is 174 Å². The van der Waals surface area contributed by atoms with Gasteiger partial charge in [0.25, 0.3) is 0 Å². The van der Waals surface area contributed by atoms with Gasteiger partial charge in [0.15, 0.2) is 5.96 Å². The molecular weight excluding hydrogens is 443 g/mol. The van der Waals surface area contributed by atoms with Crippen molar-refractivity contribution in [1.82, 2.24) is 10.2 Å². The first-order valence-corrected chi connectivity index (χ1v) is 10.3. The Morgan fingerprint density at radius 2 is 1.88 bits per heavy atom. The third kappa shape index (κ3) is 7.64. The van der Waals surface area contributed by atoms with Gasteiger partial charge < -0.3 is 15.1 Å². The van der Waals surface area contributed by atoms with Gasteiger partial charge in [0.05, 0.1) is 6.54 Å². The molecular formula is C19H33IN4S. The summed E-state index contributed by atoms with van der Waals surface area (Å²) in [4.78, 5) is 9.50. The van der Waals surface area contributed by atoms with Crippen LogP contribution in [0.2, 0.25) is 0 Å². The molecule has 1 aromatic carbocycles. The van der Waals surface area contributed by atoms with Crippen LogP contribution in [-0.2, 0) is 6.54 Å². The lowest BCUT2D eigenvalue weighted by atomic mass is 10.2. The normalized spacial score (nSPS) is 14.8. The lowest BCUT2D eigenvalue weighted by Crippen LogP contribution is -2.39. The zero-order valence-corrected chi connectivity index (χ0v) is 19.0. The number of thioether (sulfide) groups is 1. The number of benzene rings is 1. The van der Waals surface area contributed by atoms with Crippen LogP contribution < -0.4 is 10.2 Å². The fourth-order valence-electron chi connectivity index (χ4n) is 2.77. The molecule has 0 aromatic heterocycles. The largest absolute Gasteiger partial charge is 0.370 e. The second kappa shape index (κ2) is 12.7. The summed E-state index contributed by atoms with van der Waals surface area (Å²) in [6.07, 6.45) is 2.41. The summed E-state index contributed by atoms with van der Waals surface area (Å²) in [5.74, 6) is 3.48. The standard InChI is InChI=1S/C19H32N4S.HI/c1-4-6-11-22(3)19(20-5-2)21-16-17-7-9-18(10-8-17)23-12-14-24-15-13-23;/h7-10H,4-6,11-16H2,1-3H3,(H,20,21);1H. The van der Waals surface area contributed by atoms with E-state index < -0.39 is 0 Å². The Morgan fingerprint density at radius 1 is 1.20 bits per heavy atom. The monoisotopic (exact) mass is 476 g/mol. The molecule has 0 radical (unpaired) electrons. The number of aliphatic imine (C=N–C) groups is 1. The highest BCUT2D eigenvalue weighted by Crippen LogP contribution is 2.20. The first-order valence-electron chi connectivity index (χ1n) is 9.15. The number of hydrogen-bond acceptors (Lipinski definition) is 3. The predicted octanol–water partition coefficient (Wildman–Crippen LogP) is 4.06. The van der Waals surface area contributed by atoms with Crippen molar-refractivity contribution in [2.75, 3.05) is 49.6 Å². The minimum absolute atomic E-state index is 0. The van der Waals surface area contributed by atoms with E-state index in [2.05, 4.69) is 60.3 Å². The maximum Gasteiger partial charge on any atom is 0.193 e. The lowest BCUT2D eigenvalue weighted by Gasteiger charge is -2.28. The molecule has 1 fully saturated rings. The van der Waals surface area contributed by atoms with E-state index in [0.717, 1.165) is 38.7 Å². The molecule has 1 saturated heterocycles. The summed E-state index contributed by atoms with van der Waals surface area (Å²) >= 11 is 2.05. The quantitative estimate of drug-likeness (QED) is 0.366. The van der Waals surface area contributed by atoms with Gasteiger partial charge in [0, 0.05) is 50.4 Å². The van der Waals surface area contributed by atoms with Gasteiger partial charge >= 0.3 is 0 Å². The van der Waals surface area contributed by atoms with Crippen molar-refractivity contribution in [3.8, 4) is 0 Å². The van der Waals surface area contributed by atoms with Gasteiger partial charge in [-0.25, -0.2) is 4.99 Å². The Hall–Kier alpha value is -0.630. The molecule has 25 heavy (non-hydrogen) atoms. The zero-order chi connectivity index (χ0) is 17.2. The molecule has 2 rings (SSSR count). The summed E-state index contributed by atoms with van der Waals surface area (Å²) in [5, 5.41) is 3.39. The molecule has 142 valence electrons. The Balaban J connectivity index is 0.00000312. The van der Waals surface area contributed by atoms with Gasteiger partial charge in [-0.2, -0.15) is 11.8 Å². The molecule has 0 amide bonds. The third-order valence-electron chi connectivity index (χ3n) is 4.27. The van der Waals surface area contributed by atoms with Crippen molar-refractivity contribution in [1.29, 1.82) is 0 Å². The minimum atomic E-state index is 0. The number of unbranched alkanes of at least 4 members (excludes halogenated alkanes) is 1. The number of nitrogens with zero attached hydrogens (tertiary/aromatic N) is 3. The summed E-state index contributed by atoms with van der Waals surface area (Å²) in [6.45, 7) is 9.35. The first-order chi connectivity index (χ1) is 11.7. The van der Waals surface area contributed by atoms with Crippen LogP contribution in [-0.4, -0.2) is 55.6 Å². The van der Waals surface area contributed by atoms with Crippen LogP contribution in [0.15, 0.2) is 29.3 Å². The third-order valence-corrected chi connectivity index (χ3v) is 5.21. The van der Waals surface area contributed by atoms with E-state index in [-0.39, 0.29) is 24.0 Å². The highest BCUT2D eigenvalue weighted by molar-refractivity contribution is 14.0. The second-order valence-electron chi connectivity index (χ2n) is 6.21. The number of rotatable bonds is 7. The fraction of sp³-hybridized carbons (Fsp3) is 0.632. The molecule has 1 aliphatic heterocycles. The summed E-state index contributed by atoms with van der Waals surface area (Å²) in [5.41, 5.74) is 2.61. The molecule has 0 unspecified atom stereocenters. The smallest absolute Gasteiger partial charge is 0.193 e. The average Bonchev–Trinajstić information content (AvgIpc) is 2.64. The molecule has 0 aliphatic carbocycles. The van der Waals surface area contributed by atoms with Crippen LogP contribution in [0.4, 0.5) is 5.69 Å². The Morgan fingerprint density at radius 3 is 2.48 bits per heavy atom. The van der Waals surface area contributed by atoms with Crippen molar-refractivity contribution in [3.63, 3.8) is 0 Å². The fourth-order valence-corrected chi connectivity index (χ4v) is 3.67. The van der Waals surface area contributed by atoms with Gasteiger partial charge in [-0.1, -0.05) is 25.5 Å². The predicted molar refractivity (Wildman–Crippen MR) is 124 cm³/mol. The van der Waals surface area contributed by atoms with E-state index in [1.54, 1.807) is 0 Å². The number of anilines is 1. The molecule has 1 aliphatic rings. The summed E-state index contributed by atoms with van der Waals surface area (Å²) in [7, 11) is 2.12. The van der Waals surface area contributed by atoms with E-state index >= 15 is 0 Å². The molecule has 4 nitrogen and oxygen atoms in total. The van der Waals surface area contributed by atoms with Crippen LogP contribution in [0.25, 0.3) is 0 Å². The van der Waals surface area contributed by atoms with Crippen LogP contribution >= 0.6 is 35.7 Å². The van der Waals surface area contributed by atoms with E-state index in [4.69, 9.17) is 4.99 Å².